The van der Waals surface area contributed by atoms with Crippen LogP contribution in [0.4, 0.5) is 5.13 Å². The maximum Gasteiger partial charge on any atom is 0.273 e. The van der Waals surface area contributed by atoms with E-state index in [0.29, 0.717) is 22.9 Å². The van der Waals surface area contributed by atoms with Crippen molar-refractivity contribution in [1.82, 2.24) is 9.88 Å². The number of hydrogen-bond acceptors (Lipinski definition) is 4. The standard InChI is InChI=1S/C16H19N3O2S/c1-4-9-19(3)15(21)13-10-22-16(17-13)18-14(20)12-8-6-5-7-11(12)2/h5-8,10H,4,9H2,1-3H3,(H,17,18,20). The van der Waals surface area contributed by atoms with Crippen LogP contribution < -0.4 is 5.32 Å². The molecule has 2 rings (SSSR count). The number of anilines is 1. The molecule has 5 nitrogen and oxygen atoms in total. The summed E-state index contributed by atoms with van der Waals surface area (Å²) >= 11 is 1.25. The number of aromatic nitrogens is 1. The number of aryl methyl sites for hydroxylation is 1. The highest BCUT2D eigenvalue weighted by molar-refractivity contribution is 7.14. The molecule has 0 atom stereocenters. The molecule has 0 aliphatic heterocycles. The molecule has 1 heterocycles. The summed E-state index contributed by atoms with van der Waals surface area (Å²) in [6.45, 7) is 4.57. The van der Waals surface area contributed by atoms with Crippen LogP contribution in [0.1, 0.15) is 39.8 Å². The summed E-state index contributed by atoms with van der Waals surface area (Å²) in [5, 5.41) is 4.84. The highest BCUT2D eigenvalue weighted by Gasteiger charge is 2.16. The fourth-order valence-corrected chi connectivity index (χ4v) is 2.73. The van der Waals surface area contributed by atoms with Crippen molar-refractivity contribution in [2.24, 2.45) is 0 Å². The van der Waals surface area contributed by atoms with Crippen LogP contribution >= 0.6 is 11.3 Å². The van der Waals surface area contributed by atoms with E-state index >= 15 is 0 Å². The summed E-state index contributed by atoms with van der Waals surface area (Å²) in [6.07, 6.45) is 0.892. The minimum Gasteiger partial charge on any atom is -0.340 e. The van der Waals surface area contributed by atoms with Gasteiger partial charge in [0.1, 0.15) is 5.69 Å². The Labute approximate surface area is 134 Å². The zero-order valence-electron chi connectivity index (χ0n) is 12.9. The molecule has 2 aromatic rings. The van der Waals surface area contributed by atoms with Crippen molar-refractivity contribution in [2.45, 2.75) is 20.3 Å². The predicted octanol–water partition coefficient (Wildman–Crippen LogP) is 3.19. The smallest absolute Gasteiger partial charge is 0.273 e. The molecule has 0 aliphatic carbocycles. The molecule has 0 saturated heterocycles. The summed E-state index contributed by atoms with van der Waals surface area (Å²) < 4.78 is 0. The Balaban J connectivity index is 2.08. The van der Waals surface area contributed by atoms with E-state index < -0.39 is 0 Å². The number of carbonyl (C=O) groups is 2. The van der Waals surface area contributed by atoms with E-state index in [0.717, 1.165) is 12.0 Å². The number of hydrogen-bond donors (Lipinski definition) is 1. The number of nitrogens with one attached hydrogen (secondary N) is 1. The van der Waals surface area contributed by atoms with Gasteiger partial charge in [-0.05, 0) is 25.0 Å². The molecule has 0 saturated carbocycles. The van der Waals surface area contributed by atoms with Crippen LogP contribution in [0.15, 0.2) is 29.6 Å². The van der Waals surface area contributed by atoms with Crippen molar-refractivity contribution in [2.75, 3.05) is 18.9 Å². The average molecular weight is 317 g/mol. The second-order valence-corrected chi connectivity index (χ2v) is 5.89. The van der Waals surface area contributed by atoms with Crippen LogP contribution in [0, 0.1) is 6.92 Å². The summed E-state index contributed by atoms with van der Waals surface area (Å²) in [6, 6.07) is 7.35. The number of nitrogens with zero attached hydrogens (tertiary/aromatic N) is 2. The lowest BCUT2D eigenvalue weighted by Crippen LogP contribution is -2.27. The molecule has 1 aromatic carbocycles. The van der Waals surface area contributed by atoms with Gasteiger partial charge in [0.2, 0.25) is 0 Å². The van der Waals surface area contributed by atoms with E-state index in [-0.39, 0.29) is 11.8 Å². The topological polar surface area (TPSA) is 62.3 Å². The largest absolute Gasteiger partial charge is 0.340 e. The normalized spacial score (nSPS) is 10.3. The maximum atomic E-state index is 12.2. The van der Waals surface area contributed by atoms with Gasteiger partial charge in [-0.1, -0.05) is 25.1 Å². The molecule has 1 N–H and O–H groups in total. The lowest BCUT2D eigenvalue weighted by molar-refractivity contribution is 0.0790. The second-order valence-electron chi connectivity index (χ2n) is 5.03. The van der Waals surface area contributed by atoms with Crippen molar-refractivity contribution < 1.29 is 9.59 Å². The van der Waals surface area contributed by atoms with E-state index in [2.05, 4.69) is 10.3 Å². The average Bonchev–Trinajstić information content (AvgIpc) is 2.95. The minimum atomic E-state index is -0.214. The molecule has 0 radical (unpaired) electrons. The Morgan fingerprint density at radius 2 is 2.05 bits per heavy atom. The molecule has 0 unspecified atom stereocenters. The number of thiazole rings is 1. The monoisotopic (exact) mass is 317 g/mol. The number of rotatable bonds is 5. The van der Waals surface area contributed by atoms with Gasteiger partial charge in [-0.15, -0.1) is 11.3 Å². The SMILES string of the molecule is CCCN(C)C(=O)c1csc(NC(=O)c2ccccc2C)n1. The van der Waals surface area contributed by atoms with Crippen LogP contribution in [0.2, 0.25) is 0 Å². The lowest BCUT2D eigenvalue weighted by Gasteiger charge is -2.13. The Bertz CT molecular complexity index is 682. The predicted molar refractivity (Wildman–Crippen MR) is 88.5 cm³/mol. The van der Waals surface area contributed by atoms with Crippen LogP contribution in [-0.4, -0.2) is 35.3 Å². The first kappa shape index (κ1) is 16.2. The summed E-state index contributed by atoms with van der Waals surface area (Å²) in [5.41, 5.74) is 1.87. The van der Waals surface area contributed by atoms with Crippen LogP contribution in [0.3, 0.4) is 0 Å². The third-order valence-corrected chi connectivity index (χ3v) is 4.00. The molecule has 2 amide bonds. The molecule has 6 heteroatoms. The number of benzene rings is 1. The molecular weight excluding hydrogens is 298 g/mol. The Kier molecular flexibility index (Phi) is 5.27. The van der Waals surface area contributed by atoms with Gasteiger partial charge in [0.05, 0.1) is 0 Å². The van der Waals surface area contributed by atoms with E-state index in [1.54, 1.807) is 23.4 Å². The van der Waals surface area contributed by atoms with Gasteiger partial charge < -0.3 is 4.90 Å². The summed E-state index contributed by atoms with van der Waals surface area (Å²) in [7, 11) is 1.75. The van der Waals surface area contributed by atoms with Gasteiger partial charge in [0.25, 0.3) is 11.8 Å². The molecule has 22 heavy (non-hydrogen) atoms. The zero-order valence-corrected chi connectivity index (χ0v) is 13.7. The van der Waals surface area contributed by atoms with Crippen LogP contribution in [-0.2, 0) is 0 Å². The third-order valence-electron chi connectivity index (χ3n) is 3.24. The van der Waals surface area contributed by atoms with E-state index in [1.165, 1.54) is 11.3 Å². The molecule has 0 aliphatic rings. The molecule has 1 aromatic heterocycles. The highest BCUT2D eigenvalue weighted by Crippen LogP contribution is 2.18. The van der Waals surface area contributed by atoms with Crippen molar-refractivity contribution in [3.05, 3.63) is 46.5 Å². The van der Waals surface area contributed by atoms with Crippen molar-refractivity contribution in [3.63, 3.8) is 0 Å². The summed E-state index contributed by atoms with van der Waals surface area (Å²) in [5.74, 6) is -0.345. The van der Waals surface area contributed by atoms with E-state index in [9.17, 15) is 9.59 Å². The van der Waals surface area contributed by atoms with Crippen molar-refractivity contribution in [3.8, 4) is 0 Å². The minimum absolute atomic E-state index is 0.130. The van der Waals surface area contributed by atoms with E-state index in [4.69, 9.17) is 0 Å². The molecular formula is C16H19N3O2S. The van der Waals surface area contributed by atoms with E-state index in [1.807, 2.05) is 32.0 Å². The maximum absolute atomic E-state index is 12.2. The zero-order chi connectivity index (χ0) is 16.1. The fraction of sp³-hybridized carbons (Fsp3) is 0.312. The molecule has 0 fully saturated rings. The highest BCUT2D eigenvalue weighted by atomic mass is 32.1. The van der Waals surface area contributed by atoms with Gasteiger partial charge in [0, 0.05) is 24.5 Å². The van der Waals surface area contributed by atoms with Gasteiger partial charge in [0.15, 0.2) is 5.13 Å². The van der Waals surface area contributed by atoms with Crippen molar-refractivity contribution in [1.29, 1.82) is 0 Å². The van der Waals surface area contributed by atoms with Crippen LogP contribution in [0.5, 0.6) is 0 Å². The quantitative estimate of drug-likeness (QED) is 0.921. The van der Waals surface area contributed by atoms with Gasteiger partial charge >= 0.3 is 0 Å². The first-order valence-corrected chi connectivity index (χ1v) is 7.99. The van der Waals surface area contributed by atoms with Crippen molar-refractivity contribution >= 4 is 28.3 Å². The Morgan fingerprint density at radius 1 is 1.32 bits per heavy atom. The lowest BCUT2D eigenvalue weighted by atomic mass is 10.1. The number of amides is 2. The summed E-state index contributed by atoms with van der Waals surface area (Å²) in [4.78, 5) is 30.2. The molecule has 116 valence electrons. The van der Waals surface area contributed by atoms with Crippen LogP contribution in [0.25, 0.3) is 0 Å². The first-order valence-electron chi connectivity index (χ1n) is 7.11. The fourth-order valence-electron chi connectivity index (χ4n) is 2.05. The Hall–Kier alpha value is -2.21. The van der Waals surface area contributed by atoms with Gasteiger partial charge in [-0.3, -0.25) is 14.9 Å². The van der Waals surface area contributed by atoms with Gasteiger partial charge in [-0.2, -0.15) is 0 Å². The first-order chi connectivity index (χ1) is 10.5. The molecule has 0 spiro atoms. The number of carbonyl (C=O) groups excluding carboxylic acids is 2. The Morgan fingerprint density at radius 3 is 2.73 bits per heavy atom. The third kappa shape index (κ3) is 3.71. The molecule has 0 bridgehead atoms. The second kappa shape index (κ2) is 7.17. The van der Waals surface area contributed by atoms with Gasteiger partial charge in [-0.25, -0.2) is 4.98 Å².